The lowest BCUT2D eigenvalue weighted by molar-refractivity contribution is -0.129. The number of nitrogens with zero attached hydrogens (tertiary/aromatic N) is 3. The highest BCUT2D eigenvalue weighted by atomic mass is 16.5. The number of carbonyl (C=O) groups excluding carboxylic acids is 1. The Bertz CT molecular complexity index is 1720. The average Bonchev–Trinajstić information content (AvgIpc) is 3.45. The van der Waals surface area contributed by atoms with Crippen molar-refractivity contribution in [1.29, 1.82) is 0 Å². The Kier molecular flexibility index (Phi) is 7.15. The number of fused-ring (bicyclic) bond motifs is 1. The molecule has 2 aromatic heterocycles. The summed E-state index contributed by atoms with van der Waals surface area (Å²) in [4.78, 5) is 44.2. The predicted molar refractivity (Wildman–Crippen MR) is 139 cm³/mol. The molecule has 0 aliphatic heterocycles. The molecule has 0 aliphatic rings. The number of ether oxygens (including phenoxy) is 1. The van der Waals surface area contributed by atoms with E-state index >= 15 is 0 Å². The van der Waals surface area contributed by atoms with Gasteiger partial charge in [-0.3, -0.25) is 19.4 Å². The topological polar surface area (TPSA) is 157 Å². The molecule has 0 aliphatic carbocycles. The van der Waals surface area contributed by atoms with Crippen molar-refractivity contribution < 1.29 is 29.1 Å². The Morgan fingerprint density at radius 3 is 2.59 bits per heavy atom. The quantitative estimate of drug-likeness (QED) is 0.192. The van der Waals surface area contributed by atoms with Gasteiger partial charge in [0.05, 0.1) is 48.6 Å². The summed E-state index contributed by atoms with van der Waals surface area (Å²) in [6.45, 7) is 0.324. The fourth-order valence-corrected chi connectivity index (χ4v) is 3.95. The lowest BCUT2D eigenvalue weighted by atomic mass is 10.1. The van der Waals surface area contributed by atoms with Gasteiger partial charge in [-0.15, -0.1) is 0 Å². The largest absolute Gasteiger partial charge is 0.493 e. The number of hydrogen-bond donors (Lipinski definition) is 3. The third kappa shape index (κ3) is 5.68. The van der Waals surface area contributed by atoms with Crippen LogP contribution in [0.25, 0.3) is 33.7 Å². The molecule has 0 fully saturated rings. The third-order valence-corrected chi connectivity index (χ3v) is 5.97. The fraction of sp³-hybridized carbons (Fsp3) is 0.107. The minimum Gasteiger partial charge on any atom is -0.493 e. The van der Waals surface area contributed by atoms with Crippen molar-refractivity contribution in [3.8, 4) is 28.5 Å². The summed E-state index contributed by atoms with van der Waals surface area (Å²) in [5, 5.41) is 18.1. The number of aromatic carboxylic acids is 1. The minimum atomic E-state index is -1.01. The molecule has 3 N–H and O–H groups in total. The zero-order chi connectivity index (χ0) is 27.4. The molecule has 5 aromatic rings. The summed E-state index contributed by atoms with van der Waals surface area (Å²) in [6.07, 6.45) is 3.03. The van der Waals surface area contributed by atoms with E-state index in [4.69, 9.17) is 19.5 Å². The van der Waals surface area contributed by atoms with Gasteiger partial charge >= 0.3 is 5.97 Å². The molecule has 3 aromatic carbocycles. The van der Waals surface area contributed by atoms with E-state index in [1.54, 1.807) is 66.3 Å². The normalized spacial score (nSPS) is 10.9. The first-order valence-corrected chi connectivity index (χ1v) is 11.8. The molecule has 196 valence electrons. The monoisotopic (exact) mass is 526 g/mol. The molecule has 11 heteroatoms. The van der Waals surface area contributed by atoms with Crippen LogP contribution in [0.5, 0.6) is 5.75 Å². The second-order valence-corrected chi connectivity index (χ2v) is 8.60. The predicted octanol–water partition coefficient (Wildman–Crippen LogP) is 3.74. The number of benzene rings is 3. The number of amides is 1. The summed E-state index contributed by atoms with van der Waals surface area (Å²) in [6, 6.07) is 18.6. The number of carboxylic acid groups (broad SMARTS) is 1. The van der Waals surface area contributed by atoms with Gasteiger partial charge in [-0.1, -0.05) is 18.2 Å². The van der Waals surface area contributed by atoms with Crippen LogP contribution in [-0.2, 0) is 11.3 Å². The molecule has 0 spiro atoms. The van der Waals surface area contributed by atoms with E-state index in [2.05, 4.69) is 9.97 Å². The summed E-state index contributed by atoms with van der Waals surface area (Å²) in [5.74, 6) is -0.253. The Morgan fingerprint density at radius 2 is 1.82 bits per heavy atom. The van der Waals surface area contributed by atoms with Crippen molar-refractivity contribution in [2.45, 2.75) is 13.0 Å². The Morgan fingerprint density at radius 1 is 1.00 bits per heavy atom. The van der Waals surface area contributed by atoms with Crippen LogP contribution >= 0.6 is 0 Å². The number of carboxylic acids is 1. The van der Waals surface area contributed by atoms with Crippen LogP contribution in [0.15, 0.2) is 88.5 Å². The van der Waals surface area contributed by atoms with Gasteiger partial charge in [-0.25, -0.2) is 20.2 Å². The molecule has 5 rings (SSSR count). The van der Waals surface area contributed by atoms with E-state index in [9.17, 15) is 14.4 Å². The van der Waals surface area contributed by atoms with Crippen LogP contribution in [0.3, 0.4) is 0 Å². The van der Waals surface area contributed by atoms with Crippen LogP contribution in [0.1, 0.15) is 22.3 Å². The lowest BCUT2D eigenvalue weighted by Gasteiger charge is -2.08. The number of hydrogen-bond acceptors (Lipinski definition) is 8. The smallest absolute Gasteiger partial charge is 0.335 e. The van der Waals surface area contributed by atoms with Crippen LogP contribution in [0.2, 0.25) is 0 Å². The van der Waals surface area contributed by atoms with Crippen LogP contribution in [-0.4, -0.2) is 43.3 Å². The number of hydroxylamine groups is 1. The molecule has 0 saturated heterocycles. The van der Waals surface area contributed by atoms with Crippen LogP contribution in [0.4, 0.5) is 0 Å². The molecule has 11 nitrogen and oxygen atoms in total. The number of aromatic nitrogens is 3. The van der Waals surface area contributed by atoms with E-state index in [0.29, 0.717) is 39.4 Å². The molecular formula is C28H22N4O7. The van der Waals surface area contributed by atoms with Crippen molar-refractivity contribution in [3.05, 3.63) is 101 Å². The van der Waals surface area contributed by atoms with Gasteiger partial charge in [0.15, 0.2) is 5.76 Å². The SMILES string of the molecule is O=C(CCOc1cccc(-c2ncc(-c3ccc4ncn(Cc5ccc(C(=O)O)cc5)c(=O)c4c3)o2)c1)NO. The van der Waals surface area contributed by atoms with Gasteiger partial charge in [0.25, 0.3) is 5.56 Å². The van der Waals surface area contributed by atoms with E-state index in [-0.39, 0.29) is 30.7 Å². The zero-order valence-corrected chi connectivity index (χ0v) is 20.4. The molecule has 1 amide bonds. The van der Waals surface area contributed by atoms with Crippen molar-refractivity contribution >= 4 is 22.8 Å². The van der Waals surface area contributed by atoms with E-state index in [0.717, 1.165) is 5.56 Å². The summed E-state index contributed by atoms with van der Waals surface area (Å²) < 4.78 is 13.0. The molecule has 0 atom stereocenters. The standard InChI is InChI=1S/C28H22N4O7/c33-25(31-37)10-11-38-21-3-1-2-20(12-21)26-29-14-24(39-26)19-8-9-23-22(13-19)27(34)32(16-30-23)15-17-4-6-18(7-5-17)28(35)36/h1-9,12-14,16,37H,10-11,15H2,(H,31,33)(H,35,36). The first kappa shape index (κ1) is 25.4. The number of oxazole rings is 1. The van der Waals surface area contributed by atoms with Gasteiger partial charge in [0, 0.05) is 11.1 Å². The van der Waals surface area contributed by atoms with Crippen molar-refractivity contribution in [1.82, 2.24) is 20.0 Å². The summed E-state index contributed by atoms with van der Waals surface area (Å²) in [7, 11) is 0. The number of nitrogens with one attached hydrogen (secondary N) is 1. The Hall–Kier alpha value is -5.29. The highest BCUT2D eigenvalue weighted by molar-refractivity contribution is 5.87. The minimum absolute atomic E-state index is 0.000592. The molecule has 39 heavy (non-hydrogen) atoms. The van der Waals surface area contributed by atoms with E-state index in [1.807, 2.05) is 0 Å². The lowest BCUT2D eigenvalue weighted by Crippen LogP contribution is -2.21. The average molecular weight is 527 g/mol. The molecule has 0 bridgehead atoms. The second-order valence-electron chi connectivity index (χ2n) is 8.60. The van der Waals surface area contributed by atoms with Crippen molar-refractivity contribution in [3.63, 3.8) is 0 Å². The zero-order valence-electron chi connectivity index (χ0n) is 20.4. The fourth-order valence-electron chi connectivity index (χ4n) is 3.95. The molecule has 0 radical (unpaired) electrons. The Labute approximate surface area is 220 Å². The van der Waals surface area contributed by atoms with Gasteiger partial charge < -0.3 is 14.3 Å². The molecule has 2 heterocycles. The summed E-state index contributed by atoms with van der Waals surface area (Å²) in [5.41, 5.74) is 4.07. The maximum absolute atomic E-state index is 13.2. The Balaban J connectivity index is 1.37. The molecule has 0 saturated carbocycles. The first-order valence-electron chi connectivity index (χ1n) is 11.8. The summed E-state index contributed by atoms with van der Waals surface area (Å²) >= 11 is 0. The number of rotatable bonds is 9. The molecule has 0 unspecified atom stereocenters. The van der Waals surface area contributed by atoms with Gasteiger partial charge in [-0.05, 0) is 54.1 Å². The van der Waals surface area contributed by atoms with Crippen LogP contribution in [0, 0.1) is 0 Å². The van der Waals surface area contributed by atoms with Gasteiger partial charge in [0.2, 0.25) is 11.8 Å². The first-order chi connectivity index (χ1) is 18.9. The number of carbonyl (C=O) groups is 2. The van der Waals surface area contributed by atoms with E-state index in [1.165, 1.54) is 23.0 Å². The molecular weight excluding hydrogens is 504 g/mol. The maximum atomic E-state index is 13.2. The maximum Gasteiger partial charge on any atom is 0.335 e. The van der Waals surface area contributed by atoms with Gasteiger partial charge in [-0.2, -0.15) is 0 Å². The third-order valence-electron chi connectivity index (χ3n) is 5.97. The second kappa shape index (κ2) is 11.0. The van der Waals surface area contributed by atoms with Gasteiger partial charge in [0.1, 0.15) is 5.75 Å². The highest BCUT2D eigenvalue weighted by Crippen LogP contribution is 2.29. The van der Waals surface area contributed by atoms with Crippen molar-refractivity contribution in [2.75, 3.05) is 6.61 Å². The highest BCUT2D eigenvalue weighted by Gasteiger charge is 2.13. The van der Waals surface area contributed by atoms with Crippen LogP contribution < -0.4 is 15.8 Å². The van der Waals surface area contributed by atoms with E-state index < -0.39 is 11.9 Å². The van der Waals surface area contributed by atoms with Crippen molar-refractivity contribution in [2.24, 2.45) is 0 Å².